The summed E-state index contributed by atoms with van der Waals surface area (Å²) in [5.74, 6) is -0.0405. The zero-order chi connectivity index (χ0) is 28.9. The minimum absolute atomic E-state index is 0.302. The summed E-state index contributed by atoms with van der Waals surface area (Å²) in [4.78, 5) is 15.0. The Balaban J connectivity index is 1.37. The van der Waals surface area contributed by atoms with E-state index in [0.717, 1.165) is 27.5 Å². The first kappa shape index (κ1) is 26.3. The van der Waals surface area contributed by atoms with Crippen molar-refractivity contribution in [2.75, 3.05) is 4.90 Å². The van der Waals surface area contributed by atoms with Gasteiger partial charge in [-0.2, -0.15) is 5.26 Å². The number of hydrogen-bond acceptors (Lipinski definition) is 8. The molecule has 0 atom stereocenters. The molecule has 0 fully saturated rings. The van der Waals surface area contributed by atoms with Crippen LogP contribution in [0.3, 0.4) is 0 Å². The van der Waals surface area contributed by atoms with Crippen LogP contribution in [0.15, 0.2) is 78.4 Å². The van der Waals surface area contributed by atoms with Gasteiger partial charge >= 0.3 is 5.97 Å². The normalized spacial score (nSPS) is 15.8. The van der Waals surface area contributed by atoms with Crippen LogP contribution in [-0.2, 0) is 4.79 Å². The van der Waals surface area contributed by atoms with Crippen LogP contribution >= 0.6 is 11.3 Å². The van der Waals surface area contributed by atoms with Crippen LogP contribution < -0.4 is 23.8 Å². The second-order valence-electron chi connectivity index (χ2n) is 10.5. The van der Waals surface area contributed by atoms with Crippen LogP contribution in [0.1, 0.15) is 32.6 Å². The van der Waals surface area contributed by atoms with E-state index in [2.05, 4.69) is 4.90 Å². The number of carbonyl (C=O) groups is 1. The lowest BCUT2D eigenvalue weighted by Gasteiger charge is -2.26. The number of nitrogens with zero attached hydrogens (tertiary/aromatic N) is 2. The van der Waals surface area contributed by atoms with Gasteiger partial charge in [0.25, 0.3) is 0 Å². The van der Waals surface area contributed by atoms with Crippen LogP contribution in [0.25, 0.3) is 16.5 Å². The molecular formula is C32H26N2O6S. The van der Waals surface area contributed by atoms with Crippen LogP contribution in [-0.4, -0.2) is 22.7 Å². The second-order valence-corrected chi connectivity index (χ2v) is 11.6. The average molecular weight is 567 g/mol. The summed E-state index contributed by atoms with van der Waals surface area (Å²) in [6.45, 7) is 7.49. The van der Waals surface area contributed by atoms with Crippen LogP contribution in [0, 0.1) is 11.3 Å². The fourth-order valence-corrected chi connectivity index (χ4v) is 5.75. The molecule has 2 aliphatic heterocycles. The van der Waals surface area contributed by atoms with Crippen molar-refractivity contribution in [3.05, 3.63) is 83.2 Å². The molecule has 3 heterocycles. The lowest BCUT2D eigenvalue weighted by atomic mass is 10.1. The Hall–Kier alpha value is -4.94. The molecule has 41 heavy (non-hydrogen) atoms. The monoisotopic (exact) mass is 566 g/mol. The smallest absolute Gasteiger partial charge is 0.346 e. The number of benzene rings is 3. The number of rotatable bonds is 6. The van der Waals surface area contributed by atoms with Crippen molar-refractivity contribution in [3.63, 3.8) is 0 Å². The standard InChI is InChI=1S/C32H26N2O6S/c1-31(2)37-25-12-9-22(16-27(25)39-31)34(23-10-13-26-28(17-23)40-32(3,4)38-26)21-7-5-19(6-8-21)29-14-11-24(41-29)15-20(18-33)30(35)36/h5-17H,1-4H3,(H,35,36)/b20-15-. The highest BCUT2D eigenvalue weighted by atomic mass is 32.1. The van der Waals surface area contributed by atoms with Gasteiger partial charge in [0, 0.05) is 55.3 Å². The Labute approximate surface area is 241 Å². The molecule has 0 saturated carbocycles. The maximum atomic E-state index is 11.2. The van der Waals surface area contributed by atoms with E-state index in [9.17, 15) is 4.79 Å². The van der Waals surface area contributed by atoms with Gasteiger partial charge in [0.1, 0.15) is 11.6 Å². The molecule has 0 amide bonds. The first-order chi connectivity index (χ1) is 19.5. The minimum Gasteiger partial charge on any atom is -0.477 e. The highest BCUT2D eigenvalue weighted by Gasteiger charge is 2.34. The number of ether oxygens (including phenoxy) is 4. The van der Waals surface area contributed by atoms with Crippen molar-refractivity contribution >= 4 is 40.4 Å². The summed E-state index contributed by atoms with van der Waals surface area (Å²) in [5, 5.41) is 18.2. The largest absolute Gasteiger partial charge is 0.477 e. The Morgan fingerprint density at radius 1 is 0.780 bits per heavy atom. The van der Waals surface area contributed by atoms with E-state index in [1.54, 1.807) is 6.07 Å². The number of anilines is 3. The molecule has 6 rings (SSSR count). The molecule has 0 saturated heterocycles. The molecule has 4 aromatic rings. The van der Waals surface area contributed by atoms with Gasteiger partial charge in [-0.05, 0) is 60.2 Å². The third-order valence-corrected chi connectivity index (χ3v) is 7.55. The van der Waals surface area contributed by atoms with Crippen molar-refractivity contribution in [2.24, 2.45) is 0 Å². The van der Waals surface area contributed by atoms with Gasteiger partial charge in [0.15, 0.2) is 23.0 Å². The lowest BCUT2D eigenvalue weighted by molar-refractivity contribution is -0.132. The van der Waals surface area contributed by atoms with Crippen LogP contribution in [0.2, 0.25) is 0 Å². The van der Waals surface area contributed by atoms with E-state index in [1.807, 2.05) is 100 Å². The van der Waals surface area contributed by atoms with Gasteiger partial charge in [-0.15, -0.1) is 11.3 Å². The highest BCUT2D eigenvalue weighted by molar-refractivity contribution is 7.16. The molecule has 0 aliphatic carbocycles. The molecule has 0 bridgehead atoms. The van der Waals surface area contributed by atoms with Crippen LogP contribution in [0.4, 0.5) is 17.1 Å². The second kappa shape index (κ2) is 9.61. The molecule has 1 aromatic heterocycles. The lowest BCUT2D eigenvalue weighted by Crippen LogP contribution is -2.29. The molecule has 9 heteroatoms. The van der Waals surface area contributed by atoms with Crippen molar-refractivity contribution in [1.29, 1.82) is 5.26 Å². The average Bonchev–Trinajstić information content (AvgIpc) is 3.59. The topological polar surface area (TPSA) is 101 Å². The summed E-state index contributed by atoms with van der Waals surface area (Å²) in [6, 6.07) is 25.2. The number of carboxylic acids is 1. The SMILES string of the molecule is CC1(C)Oc2ccc(N(c3ccc(-c4ccc(/C=C(/C#N)C(=O)O)s4)cc3)c3ccc4c(c3)OC(C)(C)O4)cc2O1. The number of thiophene rings is 1. The molecule has 2 aliphatic rings. The zero-order valence-corrected chi connectivity index (χ0v) is 23.6. The third-order valence-electron chi connectivity index (χ3n) is 6.47. The summed E-state index contributed by atoms with van der Waals surface area (Å²) >= 11 is 1.42. The molecule has 0 radical (unpaired) electrons. The fraction of sp³-hybridized carbons (Fsp3) is 0.188. The molecule has 1 N–H and O–H groups in total. The Morgan fingerprint density at radius 3 is 1.80 bits per heavy atom. The summed E-state index contributed by atoms with van der Waals surface area (Å²) in [7, 11) is 0. The Bertz CT molecular complexity index is 1680. The number of carboxylic acid groups (broad SMARTS) is 1. The van der Waals surface area contributed by atoms with E-state index in [0.29, 0.717) is 27.9 Å². The van der Waals surface area contributed by atoms with E-state index in [1.165, 1.54) is 17.4 Å². The predicted molar refractivity (Wildman–Crippen MR) is 156 cm³/mol. The van der Waals surface area contributed by atoms with Gasteiger partial charge in [0.2, 0.25) is 11.6 Å². The Kier molecular flexibility index (Phi) is 6.16. The molecular weight excluding hydrogens is 540 g/mol. The third kappa shape index (κ3) is 5.17. The summed E-state index contributed by atoms with van der Waals surface area (Å²) in [5.41, 5.74) is 3.31. The molecule has 8 nitrogen and oxygen atoms in total. The van der Waals surface area contributed by atoms with E-state index in [4.69, 9.17) is 29.3 Å². The van der Waals surface area contributed by atoms with Gasteiger partial charge < -0.3 is 29.0 Å². The summed E-state index contributed by atoms with van der Waals surface area (Å²) in [6.07, 6.45) is 1.38. The number of fused-ring (bicyclic) bond motifs is 2. The number of nitriles is 1. The molecule has 0 unspecified atom stereocenters. The minimum atomic E-state index is -1.24. The number of hydrogen-bond donors (Lipinski definition) is 1. The fourth-order valence-electron chi connectivity index (χ4n) is 4.79. The van der Waals surface area contributed by atoms with Crippen molar-refractivity contribution < 1.29 is 28.8 Å². The van der Waals surface area contributed by atoms with Gasteiger partial charge in [-0.3, -0.25) is 0 Å². The van der Waals surface area contributed by atoms with Gasteiger partial charge in [0.05, 0.1) is 11.4 Å². The van der Waals surface area contributed by atoms with Gasteiger partial charge in [-0.1, -0.05) is 12.1 Å². The molecule has 206 valence electrons. The first-order valence-corrected chi connectivity index (χ1v) is 13.7. The molecule has 0 spiro atoms. The zero-order valence-electron chi connectivity index (χ0n) is 22.8. The van der Waals surface area contributed by atoms with Crippen molar-refractivity contribution in [3.8, 4) is 39.5 Å². The van der Waals surface area contributed by atoms with E-state index >= 15 is 0 Å². The highest BCUT2D eigenvalue weighted by Crippen LogP contribution is 2.47. The van der Waals surface area contributed by atoms with Gasteiger partial charge in [-0.25, -0.2) is 4.79 Å². The Morgan fingerprint density at radius 2 is 1.29 bits per heavy atom. The molecule has 3 aromatic carbocycles. The van der Waals surface area contributed by atoms with Crippen molar-refractivity contribution in [2.45, 2.75) is 39.3 Å². The van der Waals surface area contributed by atoms with Crippen LogP contribution in [0.5, 0.6) is 23.0 Å². The number of aliphatic carboxylic acids is 1. The first-order valence-electron chi connectivity index (χ1n) is 12.9. The maximum Gasteiger partial charge on any atom is 0.346 e. The van der Waals surface area contributed by atoms with Crippen molar-refractivity contribution in [1.82, 2.24) is 0 Å². The van der Waals surface area contributed by atoms with E-state index in [-0.39, 0.29) is 5.57 Å². The summed E-state index contributed by atoms with van der Waals surface area (Å²) < 4.78 is 23.9. The quantitative estimate of drug-likeness (QED) is 0.186. The van der Waals surface area contributed by atoms with E-state index < -0.39 is 17.5 Å². The predicted octanol–water partition coefficient (Wildman–Crippen LogP) is 7.89. The maximum absolute atomic E-state index is 11.2.